The molecule has 0 aliphatic carbocycles. The second-order valence-electron chi connectivity index (χ2n) is 6.99. The monoisotopic (exact) mass is 489 g/mol. The number of carbonyl (C=O) groups excluding carboxylic acids is 3. The molecule has 0 fully saturated rings. The summed E-state index contributed by atoms with van der Waals surface area (Å²) in [5.41, 5.74) is 1.16. The van der Waals surface area contributed by atoms with Crippen molar-refractivity contribution in [3.8, 4) is 5.75 Å². The Bertz CT molecular complexity index is 1160. The van der Waals surface area contributed by atoms with Gasteiger partial charge >= 0.3 is 0 Å². The molecule has 9 nitrogen and oxygen atoms in total. The first-order valence-corrected chi connectivity index (χ1v) is 10.5. The highest BCUT2D eigenvalue weighted by Gasteiger charge is 2.20. The molecule has 0 radical (unpaired) electrons. The van der Waals surface area contributed by atoms with E-state index in [9.17, 15) is 14.4 Å². The van der Waals surface area contributed by atoms with Crippen LogP contribution in [0.4, 0.5) is 11.4 Å². The number of halogens is 2. The fourth-order valence-corrected chi connectivity index (χ4v) is 3.19. The van der Waals surface area contributed by atoms with Gasteiger partial charge in [0.05, 0.1) is 34.6 Å². The van der Waals surface area contributed by atoms with Gasteiger partial charge in [-0.3, -0.25) is 19.1 Å². The summed E-state index contributed by atoms with van der Waals surface area (Å²) in [7, 11) is 1.56. The van der Waals surface area contributed by atoms with Gasteiger partial charge in [0.25, 0.3) is 5.91 Å². The molecule has 11 heteroatoms. The lowest BCUT2D eigenvalue weighted by atomic mass is 10.2. The Labute approximate surface area is 200 Å². The van der Waals surface area contributed by atoms with E-state index in [1.807, 2.05) is 0 Å². The number of amides is 3. The Balaban J connectivity index is 1.52. The van der Waals surface area contributed by atoms with Gasteiger partial charge in [0.1, 0.15) is 18.3 Å². The van der Waals surface area contributed by atoms with Gasteiger partial charge in [0.15, 0.2) is 0 Å². The van der Waals surface area contributed by atoms with Crippen LogP contribution in [0.25, 0.3) is 0 Å². The molecular formula is C22H21Cl2N5O4. The molecule has 0 aliphatic heterocycles. The normalized spacial score (nSPS) is 11.4. The molecule has 0 saturated heterocycles. The van der Waals surface area contributed by atoms with Gasteiger partial charge in [-0.1, -0.05) is 29.3 Å². The van der Waals surface area contributed by atoms with Crippen molar-refractivity contribution in [3.05, 3.63) is 70.5 Å². The highest BCUT2D eigenvalue weighted by molar-refractivity contribution is 6.43. The number of methoxy groups -OCH3 is 1. The summed E-state index contributed by atoms with van der Waals surface area (Å²) in [4.78, 5) is 37.1. The van der Waals surface area contributed by atoms with Crippen molar-refractivity contribution in [1.29, 1.82) is 0 Å². The number of carbonyl (C=O) groups is 3. The number of rotatable bonds is 8. The van der Waals surface area contributed by atoms with Crippen LogP contribution < -0.4 is 20.7 Å². The Morgan fingerprint density at radius 3 is 2.48 bits per heavy atom. The standard InChI is InChI=1S/C22H21Cl2N5O4/c1-13(26-22(32)17-4-3-5-18(23)20(17)24)21(31)28-15-10-25-29(11-15)12-19(30)27-14-6-8-16(33-2)9-7-14/h3-11,13H,12H2,1-2H3,(H,26,32)(H,27,30)(H,28,31). The summed E-state index contributed by atoms with van der Waals surface area (Å²) in [5, 5.41) is 12.4. The van der Waals surface area contributed by atoms with Gasteiger partial charge in [-0.25, -0.2) is 0 Å². The number of anilines is 2. The van der Waals surface area contributed by atoms with Crippen molar-refractivity contribution >= 4 is 52.3 Å². The maximum Gasteiger partial charge on any atom is 0.253 e. The van der Waals surface area contributed by atoms with Crippen LogP contribution in [0.15, 0.2) is 54.9 Å². The molecule has 0 bridgehead atoms. The molecule has 2 aromatic carbocycles. The topological polar surface area (TPSA) is 114 Å². The summed E-state index contributed by atoms with van der Waals surface area (Å²) < 4.78 is 6.46. The third-order valence-electron chi connectivity index (χ3n) is 4.52. The van der Waals surface area contributed by atoms with Crippen molar-refractivity contribution in [2.45, 2.75) is 19.5 Å². The number of aromatic nitrogens is 2. The molecule has 0 spiro atoms. The minimum atomic E-state index is -0.866. The van der Waals surface area contributed by atoms with Crippen LogP contribution in [0.5, 0.6) is 5.75 Å². The predicted octanol–water partition coefficient (Wildman–Crippen LogP) is 3.59. The molecule has 1 atom stereocenters. The van der Waals surface area contributed by atoms with Gasteiger partial charge in [-0.05, 0) is 43.3 Å². The van der Waals surface area contributed by atoms with E-state index in [2.05, 4.69) is 21.0 Å². The number of hydrogen-bond acceptors (Lipinski definition) is 5. The molecule has 172 valence electrons. The summed E-state index contributed by atoms with van der Waals surface area (Å²) in [6.45, 7) is 1.47. The molecule has 0 aliphatic rings. The van der Waals surface area contributed by atoms with Gasteiger partial charge in [-0.15, -0.1) is 0 Å². The van der Waals surface area contributed by atoms with Gasteiger partial charge in [0, 0.05) is 11.9 Å². The second-order valence-corrected chi connectivity index (χ2v) is 7.77. The van der Waals surface area contributed by atoms with E-state index >= 15 is 0 Å². The van der Waals surface area contributed by atoms with E-state index in [0.29, 0.717) is 17.1 Å². The smallest absolute Gasteiger partial charge is 0.253 e. The van der Waals surface area contributed by atoms with E-state index in [4.69, 9.17) is 27.9 Å². The fourth-order valence-electron chi connectivity index (χ4n) is 2.81. The van der Waals surface area contributed by atoms with Crippen LogP contribution in [0.1, 0.15) is 17.3 Å². The van der Waals surface area contributed by atoms with Crippen molar-refractivity contribution in [2.24, 2.45) is 0 Å². The number of hydrogen-bond donors (Lipinski definition) is 3. The molecule has 3 rings (SSSR count). The van der Waals surface area contributed by atoms with Crippen LogP contribution >= 0.6 is 23.2 Å². The van der Waals surface area contributed by atoms with E-state index < -0.39 is 17.9 Å². The lowest BCUT2D eigenvalue weighted by Crippen LogP contribution is -2.41. The number of ether oxygens (including phenoxy) is 1. The van der Waals surface area contributed by atoms with Crippen molar-refractivity contribution in [2.75, 3.05) is 17.7 Å². The minimum absolute atomic E-state index is 0.0541. The number of benzene rings is 2. The Morgan fingerprint density at radius 1 is 1.06 bits per heavy atom. The van der Waals surface area contributed by atoms with E-state index in [0.717, 1.165) is 0 Å². The van der Waals surface area contributed by atoms with Crippen LogP contribution in [-0.2, 0) is 16.1 Å². The molecule has 1 unspecified atom stereocenters. The Morgan fingerprint density at radius 2 is 1.79 bits per heavy atom. The van der Waals surface area contributed by atoms with Crippen LogP contribution in [-0.4, -0.2) is 40.7 Å². The summed E-state index contributed by atoms with van der Waals surface area (Å²) in [6, 6.07) is 10.7. The molecule has 33 heavy (non-hydrogen) atoms. The Kier molecular flexibility index (Phi) is 7.92. The van der Waals surface area contributed by atoms with Crippen molar-refractivity contribution in [1.82, 2.24) is 15.1 Å². The molecule has 3 aromatic rings. The zero-order valence-electron chi connectivity index (χ0n) is 17.8. The second kappa shape index (κ2) is 10.8. The fraction of sp³-hybridized carbons (Fsp3) is 0.182. The molecule has 0 saturated carbocycles. The van der Waals surface area contributed by atoms with Crippen LogP contribution in [0.3, 0.4) is 0 Å². The van der Waals surface area contributed by atoms with E-state index in [1.165, 1.54) is 30.1 Å². The van der Waals surface area contributed by atoms with Gasteiger partial charge in [0.2, 0.25) is 11.8 Å². The molecular weight excluding hydrogens is 469 g/mol. The molecule has 1 heterocycles. The minimum Gasteiger partial charge on any atom is -0.497 e. The number of nitrogens with zero attached hydrogens (tertiary/aromatic N) is 2. The zero-order chi connectivity index (χ0) is 24.0. The van der Waals surface area contributed by atoms with E-state index in [1.54, 1.807) is 43.5 Å². The van der Waals surface area contributed by atoms with Crippen LogP contribution in [0, 0.1) is 0 Å². The first kappa shape index (κ1) is 24.1. The quantitative estimate of drug-likeness (QED) is 0.447. The summed E-state index contributed by atoms with van der Waals surface area (Å²) >= 11 is 12.0. The lowest BCUT2D eigenvalue weighted by molar-refractivity contribution is -0.118. The molecule has 3 N–H and O–H groups in total. The largest absolute Gasteiger partial charge is 0.497 e. The zero-order valence-corrected chi connectivity index (χ0v) is 19.3. The first-order valence-electron chi connectivity index (χ1n) is 9.79. The van der Waals surface area contributed by atoms with Crippen molar-refractivity contribution < 1.29 is 19.1 Å². The summed E-state index contributed by atoms with van der Waals surface area (Å²) in [5.74, 6) is -0.610. The number of nitrogens with one attached hydrogen (secondary N) is 3. The Hall–Kier alpha value is -3.56. The maximum atomic E-state index is 12.4. The summed E-state index contributed by atoms with van der Waals surface area (Å²) in [6.07, 6.45) is 2.91. The highest BCUT2D eigenvalue weighted by Crippen LogP contribution is 2.25. The van der Waals surface area contributed by atoms with Crippen LogP contribution in [0.2, 0.25) is 10.0 Å². The van der Waals surface area contributed by atoms with Gasteiger partial charge < -0.3 is 20.7 Å². The molecule has 1 aromatic heterocycles. The molecule has 3 amide bonds. The average molecular weight is 490 g/mol. The predicted molar refractivity (Wildman–Crippen MR) is 126 cm³/mol. The maximum absolute atomic E-state index is 12.4. The van der Waals surface area contributed by atoms with Gasteiger partial charge in [-0.2, -0.15) is 5.10 Å². The van der Waals surface area contributed by atoms with Crippen molar-refractivity contribution in [3.63, 3.8) is 0 Å². The third-order valence-corrected chi connectivity index (χ3v) is 5.34. The lowest BCUT2D eigenvalue weighted by Gasteiger charge is -2.14. The third kappa shape index (κ3) is 6.47. The van der Waals surface area contributed by atoms with E-state index in [-0.39, 0.29) is 28.1 Å². The average Bonchev–Trinajstić information content (AvgIpc) is 3.22. The first-order chi connectivity index (χ1) is 15.8. The highest BCUT2D eigenvalue weighted by atomic mass is 35.5. The SMILES string of the molecule is COc1ccc(NC(=O)Cn2cc(NC(=O)C(C)NC(=O)c3cccc(Cl)c3Cl)cn2)cc1.